The van der Waals surface area contributed by atoms with Gasteiger partial charge >= 0.3 is 9.28 Å². The normalized spacial score (nSPS) is 22.1. The van der Waals surface area contributed by atoms with E-state index in [-0.39, 0.29) is 0 Å². The van der Waals surface area contributed by atoms with Crippen LogP contribution in [0, 0.1) is 0 Å². The Bertz CT molecular complexity index is 596. The fourth-order valence-corrected chi connectivity index (χ4v) is 24.1. The fourth-order valence-electron chi connectivity index (χ4n) is 6.03. The maximum atomic E-state index is 6.11. The van der Waals surface area contributed by atoms with Gasteiger partial charge in [0.1, 0.15) is 0 Å². The monoisotopic (exact) mass is 834 g/mol. The Hall–Kier alpha value is 1.59. The van der Waals surface area contributed by atoms with Crippen molar-refractivity contribution in [1.29, 1.82) is 0 Å². The summed E-state index contributed by atoms with van der Waals surface area (Å²) < 4.78 is 51.5. The second-order valence-electron chi connectivity index (χ2n) is 13.5. The molecule has 1 heterocycles. The van der Waals surface area contributed by atoms with E-state index in [1.165, 1.54) is 180 Å². The van der Waals surface area contributed by atoms with Crippen molar-refractivity contribution in [3.8, 4) is 0 Å². The van der Waals surface area contributed by atoms with Crippen LogP contribution in [0.5, 0.6) is 0 Å². The molecule has 0 aromatic carbocycles. The first-order valence-electron chi connectivity index (χ1n) is 20.2. The molecule has 0 saturated carbocycles. The van der Waals surface area contributed by atoms with Gasteiger partial charge in [-0.25, -0.2) is 0 Å². The molecule has 1 saturated heterocycles. The summed E-state index contributed by atoms with van der Waals surface area (Å²) in [4.78, 5) is 0. The molecule has 0 radical (unpaired) electrons. The van der Waals surface area contributed by atoms with Gasteiger partial charge in [0.05, 0.1) is 0 Å². The second-order valence-corrected chi connectivity index (χ2v) is 30.9. The molecule has 0 N–H and O–H groups in total. The largest absolute Gasteiger partial charge is 0.425 e. The Balaban J connectivity index is 1.81. The van der Waals surface area contributed by atoms with Crippen molar-refractivity contribution in [1.82, 2.24) is 0 Å². The molecular formula is C30H78O9Si9. The van der Waals surface area contributed by atoms with Crippen LogP contribution in [0.1, 0.15) is 187 Å². The molecule has 0 spiro atoms. The molecule has 9 nitrogen and oxygen atoms in total. The van der Waals surface area contributed by atoms with Crippen molar-refractivity contribution in [3.05, 3.63) is 0 Å². The highest BCUT2D eigenvalue weighted by Gasteiger charge is 2.14. The summed E-state index contributed by atoms with van der Waals surface area (Å²) in [5.41, 5.74) is 0. The molecule has 288 valence electrons. The molecule has 0 unspecified atom stereocenters. The first-order valence-corrected chi connectivity index (χ1v) is 31.2. The fraction of sp³-hybridized carbons (Fsp3) is 1.00. The smallest absolute Gasteiger partial charge is 0.303 e. The van der Waals surface area contributed by atoms with Crippen molar-refractivity contribution in [2.24, 2.45) is 0 Å². The lowest BCUT2D eigenvalue weighted by molar-refractivity contribution is 0.337. The van der Waals surface area contributed by atoms with E-state index < -0.39 is 89.3 Å². The molecule has 1 aliphatic heterocycles. The highest BCUT2D eigenvalue weighted by molar-refractivity contribution is 6.58. The third kappa shape index (κ3) is 38.8. The molecule has 0 bridgehead atoms. The Labute approximate surface area is 317 Å². The van der Waals surface area contributed by atoms with Crippen LogP contribution in [-0.2, 0) is 37.0 Å². The maximum absolute atomic E-state index is 6.11. The van der Waals surface area contributed by atoms with Crippen LogP contribution >= 0.6 is 0 Å². The van der Waals surface area contributed by atoms with Crippen LogP contribution in [0.2, 0.25) is 6.04 Å². The molecular weight excluding hydrogens is 757 g/mol. The van der Waals surface area contributed by atoms with Crippen LogP contribution in [0.15, 0.2) is 0 Å². The van der Waals surface area contributed by atoms with Crippen LogP contribution in [0.3, 0.4) is 0 Å². The standard InChI is InChI=1S/C30H78O9Si9/c1-2-3-4-5-6-7-8-9-10-11-12-13-14-15-16-17-18-19-20-21-22-23-24-25-26-27-28-29-30-48-38-46-36-44-34-42-32-40-31-41-33-43-35-45-37-47-39-48/h48H,2-30,40-47H2,1H3. The quantitative estimate of drug-likeness (QED) is 0.0834. The van der Waals surface area contributed by atoms with Gasteiger partial charge in [0, 0.05) is 0 Å². The first kappa shape index (κ1) is 47.6. The van der Waals surface area contributed by atoms with Crippen molar-refractivity contribution in [3.63, 3.8) is 0 Å². The minimum atomic E-state index is -1.69. The maximum Gasteiger partial charge on any atom is 0.303 e. The Morgan fingerprint density at radius 3 is 0.729 bits per heavy atom. The minimum Gasteiger partial charge on any atom is -0.425 e. The van der Waals surface area contributed by atoms with Gasteiger partial charge in [-0.15, -0.1) is 0 Å². The van der Waals surface area contributed by atoms with E-state index >= 15 is 0 Å². The molecule has 48 heavy (non-hydrogen) atoms. The van der Waals surface area contributed by atoms with E-state index in [0.29, 0.717) is 0 Å². The lowest BCUT2D eigenvalue weighted by atomic mass is 10.0. The Morgan fingerprint density at radius 1 is 0.271 bits per heavy atom. The minimum absolute atomic E-state index is 0.943. The van der Waals surface area contributed by atoms with Gasteiger partial charge < -0.3 is 37.0 Å². The number of hydrogen-bond donors (Lipinski definition) is 0. The van der Waals surface area contributed by atoms with E-state index in [0.717, 1.165) is 6.04 Å². The third-order valence-electron chi connectivity index (χ3n) is 8.97. The van der Waals surface area contributed by atoms with E-state index in [2.05, 4.69) is 6.92 Å². The zero-order valence-electron chi connectivity index (χ0n) is 31.4. The van der Waals surface area contributed by atoms with Gasteiger partial charge in [-0.05, 0) is 6.04 Å². The zero-order chi connectivity index (χ0) is 34.1. The topological polar surface area (TPSA) is 83.1 Å². The highest BCUT2D eigenvalue weighted by atomic mass is 28.4. The van der Waals surface area contributed by atoms with Crippen molar-refractivity contribution in [2.75, 3.05) is 0 Å². The molecule has 0 aromatic heterocycles. The lowest BCUT2D eigenvalue weighted by Crippen LogP contribution is -2.30. The molecule has 1 aliphatic rings. The molecule has 0 amide bonds. The molecule has 1 rings (SSSR count). The number of unbranched alkanes of at least 4 members (excludes halogenated alkanes) is 27. The van der Waals surface area contributed by atoms with E-state index in [1.54, 1.807) is 0 Å². The SMILES string of the molecule is CCCCCCCCCCCCCCCCCCCCCCCCCCCCCC[SiH]1O[SiH2]O[SiH2]O[SiH2]O[SiH2]O[SiH2]O[SiH2]O[SiH2]O[SiH2]O1. The van der Waals surface area contributed by atoms with Crippen molar-refractivity contribution in [2.45, 2.75) is 193 Å². The highest BCUT2D eigenvalue weighted by Crippen LogP contribution is 2.17. The first-order chi connectivity index (χ1) is 23.9. The molecule has 18 heteroatoms. The summed E-state index contributed by atoms with van der Waals surface area (Å²) in [5.74, 6) is 0. The molecule has 0 aliphatic carbocycles. The second kappa shape index (κ2) is 43.0. The van der Waals surface area contributed by atoms with Crippen LogP contribution < -0.4 is 0 Å². The van der Waals surface area contributed by atoms with Gasteiger partial charge in [-0.2, -0.15) is 0 Å². The van der Waals surface area contributed by atoms with Gasteiger partial charge in [0.15, 0.2) is 0 Å². The van der Waals surface area contributed by atoms with Crippen molar-refractivity contribution >= 4 is 89.3 Å². The predicted octanol–water partition coefficient (Wildman–Crippen LogP) is 3.30. The summed E-state index contributed by atoms with van der Waals surface area (Å²) in [6, 6.07) is 1.06. The van der Waals surface area contributed by atoms with Crippen molar-refractivity contribution < 1.29 is 37.0 Å². The van der Waals surface area contributed by atoms with E-state index in [1.807, 2.05) is 0 Å². The summed E-state index contributed by atoms with van der Waals surface area (Å²) in [5, 5.41) is 0. The summed E-state index contributed by atoms with van der Waals surface area (Å²) >= 11 is 0. The molecule has 0 atom stereocenters. The summed E-state index contributed by atoms with van der Waals surface area (Å²) in [6.45, 7) is 2.30. The van der Waals surface area contributed by atoms with Gasteiger partial charge in [-0.1, -0.05) is 187 Å². The third-order valence-corrected chi connectivity index (χ3v) is 23.2. The summed E-state index contributed by atoms with van der Waals surface area (Å²) in [6.07, 6.45) is 40.0. The van der Waals surface area contributed by atoms with E-state index in [4.69, 9.17) is 37.0 Å². The average molecular weight is 836 g/mol. The van der Waals surface area contributed by atoms with Gasteiger partial charge in [0.25, 0.3) is 80.1 Å². The van der Waals surface area contributed by atoms with E-state index in [9.17, 15) is 0 Å². The van der Waals surface area contributed by atoms with Gasteiger partial charge in [0.2, 0.25) is 0 Å². The van der Waals surface area contributed by atoms with Gasteiger partial charge in [-0.3, -0.25) is 0 Å². The predicted molar refractivity (Wildman–Crippen MR) is 225 cm³/mol. The Morgan fingerprint density at radius 2 is 0.479 bits per heavy atom. The average Bonchev–Trinajstić information content (AvgIpc) is 3.10. The number of rotatable bonds is 29. The van der Waals surface area contributed by atoms with Crippen LogP contribution in [0.4, 0.5) is 0 Å². The number of hydrogen-bond acceptors (Lipinski definition) is 9. The Kier molecular flexibility index (Phi) is 42.7. The molecule has 1 fully saturated rings. The summed E-state index contributed by atoms with van der Waals surface area (Å²) in [7, 11) is -9.49. The lowest BCUT2D eigenvalue weighted by Gasteiger charge is -2.18. The van der Waals surface area contributed by atoms with Crippen LogP contribution in [-0.4, -0.2) is 89.3 Å². The molecule has 0 aromatic rings. The van der Waals surface area contributed by atoms with Crippen LogP contribution in [0.25, 0.3) is 0 Å². The zero-order valence-corrected chi connectivity index (χ0v) is 43.9.